The van der Waals surface area contributed by atoms with E-state index in [0.29, 0.717) is 5.30 Å². The smallest absolute Gasteiger partial charge is 0.218 e. The minimum atomic E-state index is -2.72. The van der Waals surface area contributed by atoms with Crippen LogP contribution in [0.3, 0.4) is 0 Å². The zero-order valence-corrected chi connectivity index (χ0v) is 12.2. The van der Waals surface area contributed by atoms with Crippen molar-refractivity contribution < 1.29 is 14.3 Å². The number of nitrogens with one attached hydrogen (secondary N) is 1. The molecule has 1 aromatic rings. The van der Waals surface area contributed by atoms with Crippen molar-refractivity contribution in [1.29, 1.82) is 0 Å². The van der Waals surface area contributed by atoms with Gasteiger partial charge in [0.1, 0.15) is 0 Å². The Hall–Kier alpha value is -1.09. The summed E-state index contributed by atoms with van der Waals surface area (Å²) in [5.74, 6) is 0.285. The van der Waals surface area contributed by atoms with Gasteiger partial charge in [-0.25, -0.2) is 0 Å². The van der Waals surface area contributed by atoms with E-state index in [0.717, 1.165) is 16.8 Å². The van der Waals surface area contributed by atoms with Crippen LogP contribution in [0.4, 0.5) is 0 Å². The summed E-state index contributed by atoms with van der Waals surface area (Å²) in [5.41, 5.74) is 5.36. The number of rotatable bonds is 5. The van der Waals surface area contributed by atoms with E-state index in [4.69, 9.17) is 4.84 Å². The maximum absolute atomic E-state index is 11.4. The lowest BCUT2D eigenvalue weighted by atomic mass is 9.96. The average molecular weight is 269 g/mol. The molecule has 0 amide bonds. The van der Waals surface area contributed by atoms with E-state index in [1.165, 1.54) is 7.11 Å². The van der Waals surface area contributed by atoms with E-state index in [1.54, 1.807) is 6.07 Å². The topological polar surface area (TPSA) is 58.6 Å². The Morgan fingerprint density at radius 2 is 2.17 bits per heavy atom. The van der Waals surface area contributed by atoms with Crippen molar-refractivity contribution in [2.45, 2.75) is 26.7 Å². The first-order chi connectivity index (χ1) is 8.47. The van der Waals surface area contributed by atoms with Gasteiger partial charge in [0, 0.05) is 11.0 Å². The predicted octanol–water partition coefficient (Wildman–Crippen LogP) is 2.41. The molecule has 2 N–H and O–H groups in total. The molecule has 1 atom stereocenters. The van der Waals surface area contributed by atoms with Crippen molar-refractivity contribution >= 4 is 19.4 Å². The summed E-state index contributed by atoms with van der Waals surface area (Å²) in [6, 6.07) is 5.49. The average Bonchev–Trinajstić information content (AvgIpc) is 2.28. The Morgan fingerprint density at radius 1 is 1.50 bits per heavy atom. The van der Waals surface area contributed by atoms with Gasteiger partial charge in [0.15, 0.2) is 0 Å². The maximum atomic E-state index is 11.4. The van der Waals surface area contributed by atoms with Crippen molar-refractivity contribution in [1.82, 2.24) is 5.48 Å². The Labute approximate surface area is 108 Å². The number of allylic oxidation sites excluding steroid dienone is 1. The van der Waals surface area contributed by atoms with E-state index in [-0.39, 0.29) is 5.92 Å². The lowest BCUT2D eigenvalue weighted by molar-refractivity contribution is 0.119. The molecule has 4 nitrogen and oxygen atoms in total. The zero-order chi connectivity index (χ0) is 13.7. The lowest BCUT2D eigenvalue weighted by Gasteiger charge is -2.14. The van der Waals surface area contributed by atoms with Gasteiger partial charge in [-0.3, -0.25) is 14.9 Å². The molecule has 0 spiro atoms. The Morgan fingerprint density at radius 3 is 2.67 bits per heavy atom. The lowest BCUT2D eigenvalue weighted by Crippen LogP contribution is -2.11. The molecule has 0 heterocycles. The molecule has 100 valence electrons. The summed E-state index contributed by atoms with van der Waals surface area (Å²) in [4.78, 5) is 14.2. The molecule has 0 saturated heterocycles. The summed E-state index contributed by atoms with van der Waals surface area (Å²) >= 11 is 0. The van der Waals surface area contributed by atoms with Gasteiger partial charge < -0.3 is 4.89 Å². The van der Waals surface area contributed by atoms with Gasteiger partial charge in [0.2, 0.25) is 8.03 Å². The van der Waals surface area contributed by atoms with E-state index in [9.17, 15) is 9.46 Å². The fourth-order valence-electron chi connectivity index (χ4n) is 1.84. The van der Waals surface area contributed by atoms with Crippen molar-refractivity contribution in [3.8, 4) is 0 Å². The molecule has 0 aliphatic rings. The van der Waals surface area contributed by atoms with Crippen LogP contribution in [0.2, 0.25) is 0 Å². The third-order valence-corrected chi connectivity index (χ3v) is 3.51. The first kappa shape index (κ1) is 15.0. The van der Waals surface area contributed by atoms with Crippen LogP contribution >= 0.6 is 8.03 Å². The molecule has 1 rings (SSSR count). The minimum absolute atomic E-state index is 0.285. The SMILES string of the molecule is CONC(C)=Cc1c(C(C)C)cccc1[PH](=O)O. The van der Waals surface area contributed by atoms with Gasteiger partial charge in [0.05, 0.1) is 7.11 Å². The summed E-state index contributed by atoms with van der Waals surface area (Å²) in [7, 11) is -1.19. The molecular weight excluding hydrogens is 249 g/mol. The first-order valence-corrected chi connectivity index (χ1v) is 7.16. The van der Waals surface area contributed by atoms with Gasteiger partial charge in [-0.2, -0.15) is 0 Å². The Bertz CT molecular complexity index is 469. The predicted molar refractivity (Wildman–Crippen MR) is 75.2 cm³/mol. The van der Waals surface area contributed by atoms with Crippen LogP contribution in [-0.2, 0) is 9.40 Å². The Balaban J connectivity index is 3.36. The van der Waals surface area contributed by atoms with Crippen LogP contribution in [0, 0.1) is 0 Å². The third-order valence-electron chi connectivity index (χ3n) is 2.62. The second-order valence-corrected chi connectivity index (χ2v) is 5.55. The maximum Gasteiger partial charge on any atom is 0.218 e. The molecule has 18 heavy (non-hydrogen) atoms. The fourth-order valence-corrected chi connectivity index (χ4v) is 2.53. The molecule has 1 aromatic carbocycles. The zero-order valence-electron chi connectivity index (χ0n) is 11.2. The highest BCUT2D eigenvalue weighted by Crippen LogP contribution is 2.26. The van der Waals surface area contributed by atoms with Crippen LogP contribution in [0.15, 0.2) is 23.9 Å². The highest BCUT2D eigenvalue weighted by Gasteiger charge is 2.12. The molecule has 0 aromatic heterocycles. The fraction of sp³-hybridized carbons (Fsp3) is 0.385. The van der Waals surface area contributed by atoms with Gasteiger partial charge >= 0.3 is 0 Å². The van der Waals surface area contributed by atoms with Crippen molar-refractivity contribution in [2.24, 2.45) is 0 Å². The number of hydrogen-bond donors (Lipinski definition) is 2. The van der Waals surface area contributed by atoms with Crippen LogP contribution in [0.25, 0.3) is 6.08 Å². The standard InChI is InChI=1S/C13H20NO3P/c1-9(2)11-6-5-7-13(18(15)16)12(11)8-10(3)14-17-4/h5-9,14,18H,1-4H3,(H,15,16). The molecule has 5 heteroatoms. The molecule has 0 bridgehead atoms. The first-order valence-electron chi connectivity index (χ1n) is 5.80. The van der Waals surface area contributed by atoms with E-state index >= 15 is 0 Å². The van der Waals surface area contributed by atoms with E-state index in [1.807, 2.05) is 25.1 Å². The summed E-state index contributed by atoms with van der Waals surface area (Å²) in [5, 5.41) is 0.489. The molecule has 1 unspecified atom stereocenters. The van der Waals surface area contributed by atoms with Crippen LogP contribution in [-0.4, -0.2) is 12.0 Å². The molecule has 0 fully saturated rings. The summed E-state index contributed by atoms with van der Waals surface area (Å²) < 4.78 is 11.4. The normalized spacial score (nSPS) is 13.8. The van der Waals surface area contributed by atoms with Crippen molar-refractivity contribution in [3.63, 3.8) is 0 Å². The molecule has 0 aliphatic carbocycles. The summed E-state index contributed by atoms with van der Waals surface area (Å²) in [6.07, 6.45) is 1.84. The third kappa shape index (κ3) is 3.70. The number of benzene rings is 1. The van der Waals surface area contributed by atoms with Crippen LogP contribution < -0.4 is 10.8 Å². The van der Waals surface area contributed by atoms with Crippen molar-refractivity contribution in [2.75, 3.05) is 7.11 Å². The van der Waals surface area contributed by atoms with Crippen LogP contribution in [0.5, 0.6) is 0 Å². The highest BCUT2D eigenvalue weighted by atomic mass is 31.1. The van der Waals surface area contributed by atoms with Crippen LogP contribution in [0.1, 0.15) is 37.8 Å². The molecule has 0 saturated carbocycles. The van der Waals surface area contributed by atoms with E-state index in [2.05, 4.69) is 19.3 Å². The second-order valence-electron chi connectivity index (χ2n) is 4.40. The molecular formula is C13H20NO3P. The van der Waals surface area contributed by atoms with Gasteiger partial charge in [-0.15, -0.1) is 0 Å². The number of hydroxylamine groups is 1. The quantitative estimate of drug-likeness (QED) is 0.636. The monoisotopic (exact) mass is 269 g/mol. The van der Waals surface area contributed by atoms with E-state index < -0.39 is 8.03 Å². The minimum Gasteiger partial charge on any atom is -0.343 e. The van der Waals surface area contributed by atoms with Gasteiger partial charge in [-0.05, 0) is 36.1 Å². The van der Waals surface area contributed by atoms with Gasteiger partial charge in [0.25, 0.3) is 0 Å². The summed E-state index contributed by atoms with van der Waals surface area (Å²) in [6.45, 7) is 5.97. The molecule has 0 aliphatic heterocycles. The Kier molecular flexibility index (Phi) is 5.60. The second kappa shape index (κ2) is 6.74. The largest absolute Gasteiger partial charge is 0.343 e. The van der Waals surface area contributed by atoms with Crippen molar-refractivity contribution in [3.05, 3.63) is 35.0 Å². The van der Waals surface area contributed by atoms with Gasteiger partial charge in [-0.1, -0.05) is 26.0 Å². The highest BCUT2D eigenvalue weighted by molar-refractivity contribution is 7.47. The number of hydrogen-bond acceptors (Lipinski definition) is 3. The molecule has 0 radical (unpaired) electrons.